The number of ether oxygens (including phenoxy) is 1. The Kier molecular flexibility index (Phi) is 5.89. The van der Waals surface area contributed by atoms with Gasteiger partial charge in [0.25, 0.3) is 5.91 Å². The number of rotatable bonds is 7. The standard InChI is InChI=1S/C25H26N4O2/c1-28(2)22-11-7-18(8-12-22)15-26-25(30)20-9-10-21-16-27-29(24(21)14-20)17-19-5-4-6-23(13-19)31-3/h4-14,16H,15,17H2,1-3H3,(H,26,30). The predicted molar refractivity (Wildman–Crippen MR) is 124 cm³/mol. The van der Waals surface area contributed by atoms with Crippen LogP contribution in [0.15, 0.2) is 72.9 Å². The molecule has 158 valence electrons. The Hall–Kier alpha value is -3.80. The fourth-order valence-electron chi connectivity index (χ4n) is 3.48. The summed E-state index contributed by atoms with van der Waals surface area (Å²) in [6.45, 7) is 1.08. The number of methoxy groups -OCH3 is 1. The van der Waals surface area contributed by atoms with Crippen LogP contribution in [0.25, 0.3) is 10.9 Å². The quantitative estimate of drug-likeness (QED) is 0.495. The Morgan fingerprint density at radius 1 is 1.03 bits per heavy atom. The fraction of sp³-hybridized carbons (Fsp3) is 0.200. The molecular weight excluding hydrogens is 388 g/mol. The zero-order valence-corrected chi connectivity index (χ0v) is 18.0. The lowest BCUT2D eigenvalue weighted by molar-refractivity contribution is 0.0951. The Labute approximate surface area is 182 Å². The van der Waals surface area contributed by atoms with Gasteiger partial charge >= 0.3 is 0 Å². The molecule has 0 aliphatic heterocycles. The third kappa shape index (κ3) is 4.69. The van der Waals surface area contributed by atoms with Gasteiger partial charge < -0.3 is 15.0 Å². The van der Waals surface area contributed by atoms with Gasteiger partial charge in [0.2, 0.25) is 0 Å². The first-order valence-corrected chi connectivity index (χ1v) is 10.2. The van der Waals surface area contributed by atoms with Gasteiger partial charge in [-0.2, -0.15) is 5.10 Å². The summed E-state index contributed by atoms with van der Waals surface area (Å²) in [4.78, 5) is 14.8. The molecule has 1 aromatic heterocycles. The van der Waals surface area contributed by atoms with E-state index in [9.17, 15) is 4.79 Å². The molecule has 0 fully saturated rings. The first-order chi connectivity index (χ1) is 15.0. The van der Waals surface area contributed by atoms with Crippen molar-refractivity contribution in [2.24, 2.45) is 0 Å². The number of amides is 1. The van der Waals surface area contributed by atoms with Crippen LogP contribution in [0, 0.1) is 0 Å². The molecule has 1 heterocycles. The second-order valence-electron chi connectivity index (χ2n) is 7.67. The molecule has 0 radical (unpaired) electrons. The smallest absolute Gasteiger partial charge is 0.251 e. The van der Waals surface area contributed by atoms with Crippen molar-refractivity contribution >= 4 is 22.5 Å². The van der Waals surface area contributed by atoms with E-state index < -0.39 is 0 Å². The number of benzene rings is 3. The normalized spacial score (nSPS) is 10.8. The van der Waals surface area contributed by atoms with Crippen LogP contribution in [0.2, 0.25) is 0 Å². The Morgan fingerprint density at radius 2 is 1.84 bits per heavy atom. The Balaban J connectivity index is 1.48. The molecule has 0 atom stereocenters. The first kappa shape index (κ1) is 20.5. The molecule has 0 aliphatic rings. The number of nitrogens with zero attached hydrogens (tertiary/aromatic N) is 3. The van der Waals surface area contributed by atoms with E-state index in [2.05, 4.69) is 10.4 Å². The van der Waals surface area contributed by atoms with E-state index in [1.165, 1.54) is 0 Å². The average molecular weight is 415 g/mol. The van der Waals surface area contributed by atoms with Crippen molar-refractivity contribution in [2.45, 2.75) is 13.1 Å². The lowest BCUT2D eigenvalue weighted by Gasteiger charge is -2.13. The van der Waals surface area contributed by atoms with Crippen LogP contribution in [-0.2, 0) is 13.1 Å². The lowest BCUT2D eigenvalue weighted by Crippen LogP contribution is -2.22. The van der Waals surface area contributed by atoms with Gasteiger partial charge in [0.05, 0.1) is 25.4 Å². The monoisotopic (exact) mass is 414 g/mol. The number of fused-ring (bicyclic) bond motifs is 1. The SMILES string of the molecule is COc1cccc(Cn2ncc3ccc(C(=O)NCc4ccc(N(C)C)cc4)cc32)c1. The van der Waals surface area contributed by atoms with Gasteiger partial charge in [0.15, 0.2) is 0 Å². The predicted octanol–water partition coefficient (Wildman–Crippen LogP) is 4.09. The molecule has 0 aliphatic carbocycles. The summed E-state index contributed by atoms with van der Waals surface area (Å²) in [5.41, 5.74) is 4.81. The van der Waals surface area contributed by atoms with Crippen molar-refractivity contribution < 1.29 is 9.53 Å². The van der Waals surface area contributed by atoms with Crippen LogP contribution in [-0.4, -0.2) is 36.9 Å². The minimum absolute atomic E-state index is 0.104. The summed E-state index contributed by atoms with van der Waals surface area (Å²) in [5.74, 6) is 0.709. The summed E-state index contributed by atoms with van der Waals surface area (Å²) >= 11 is 0. The Bertz CT molecular complexity index is 1200. The average Bonchev–Trinajstić information content (AvgIpc) is 3.19. The minimum Gasteiger partial charge on any atom is -0.497 e. The van der Waals surface area contributed by atoms with Crippen LogP contribution in [0.3, 0.4) is 0 Å². The van der Waals surface area contributed by atoms with Crippen LogP contribution < -0.4 is 15.0 Å². The topological polar surface area (TPSA) is 59.4 Å². The molecule has 31 heavy (non-hydrogen) atoms. The van der Waals surface area contributed by atoms with Crippen molar-refractivity contribution in [1.29, 1.82) is 0 Å². The summed E-state index contributed by atoms with van der Waals surface area (Å²) in [6.07, 6.45) is 1.82. The molecular formula is C25H26N4O2. The first-order valence-electron chi connectivity index (χ1n) is 10.2. The summed E-state index contributed by atoms with van der Waals surface area (Å²) < 4.78 is 7.21. The molecule has 0 unspecified atom stereocenters. The highest BCUT2D eigenvalue weighted by molar-refractivity contribution is 5.97. The number of anilines is 1. The number of carbonyl (C=O) groups is 1. The van der Waals surface area contributed by atoms with Crippen LogP contribution in [0.5, 0.6) is 5.75 Å². The number of aromatic nitrogens is 2. The Morgan fingerprint density at radius 3 is 2.58 bits per heavy atom. The third-order valence-electron chi connectivity index (χ3n) is 5.28. The van der Waals surface area contributed by atoms with E-state index in [1.807, 2.05) is 96.6 Å². The van der Waals surface area contributed by atoms with Gasteiger partial charge in [-0.25, -0.2) is 0 Å². The number of nitrogens with one attached hydrogen (secondary N) is 1. The van der Waals surface area contributed by atoms with Crippen molar-refractivity contribution in [1.82, 2.24) is 15.1 Å². The van der Waals surface area contributed by atoms with Gasteiger partial charge in [0, 0.05) is 37.3 Å². The van der Waals surface area contributed by atoms with Crippen molar-refractivity contribution in [3.8, 4) is 5.75 Å². The van der Waals surface area contributed by atoms with Crippen molar-refractivity contribution in [2.75, 3.05) is 26.1 Å². The highest BCUT2D eigenvalue weighted by Gasteiger charge is 2.10. The van der Waals surface area contributed by atoms with E-state index in [1.54, 1.807) is 7.11 Å². The van der Waals surface area contributed by atoms with Crippen molar-refractivity contribution in [3.05, 3.63) is 89.6 Å². The van der Waals surface area contributed by atoms with Gasteiger partial charge in [-0.3, -0.25) is 9.48 Å². The van der Waals surface area contributed by atoms with Crippen LogP contribution >= 0.6 is 0 Å². The second-order valence-corrected chi connectivity index (χ2v) is 7.67. The molecule has 4 aromatic rings. The minimum atomic E-state index is -0.104. The maximum absolute atomic E-state index is 12.7. The van der Waals surface area contributed by atoms with Crippen LogP contribution in [0.1, 0.15) is 21.5 Å². The van der Waals surface area contributed by atoms with Crippen molar-refractivity contribution in [3.63, 3.8) is 0 Å². The molecule has 6 nitrogen and oxygen atoms in total. The highest BCUT2D eigenvalue weighted by Crippen LogP contribution is 2.19. The second kappa shape index (κ2) is 8.92. The molecule has 0 saturated heterocycles. The van der Waals surface area contributed by atoms with E-state index in [4.69, 9.17) is 4.74 Å². The molecule has 1 N–H and O–H groups in total. The van der Waals surface area contributed by atoms with Gasteiger partial charge in [-0.05, 0) is 47.5 Å². The zero-order chi connectivity index (χ0) is 21.8. The summed E-state index contributed by atoms with van der Waals surface area (Å²) in [6, 6.07) is 21.7. The lowest BCUT2D eigenvalue weighted by atomic mass is 10.1. The molecule has 6 heteroatoms. The van der Waals surface area contributed by atoms with Gasteiger partial charge in [-0.1, -0.05) is 30.3 Å². The maximum Gasteiger partial charge on any atom is 0.251 e. The molecule has 0 saturated carbocycles. The largest absolute Gasteiger partial charge is 0.497 e. The summed E-state index contributed by atoms with van der Waals surface area (Å²) in [5, 5.41) is 8.51. The number of carbonyl (C=O) groups excluding carboxylic acids is 1. The third-order valence-corrected chi connectivity index (χ3v) is 5.28. The van der Waals surface area contributed by atoms with Crippen LogP contribution in [0.4, 0.5) is 5.69 Å². The zero-order valence-electron chi connectivity index (χ0n) is 18.0. The fourth-order valence-corrected chi connectivity index (χ4v) is 3.48. The number of hydrogen-bond acceptors (Lipinski definition) is 4. The number of hydrogen-bond donors (Lipinski definition) is 1. The molecule has 1 amide bonds. The van der Waals surface area contributed by atoms with E-state index >= 15 is 0 Å². The van der Waals surface area contributed by atoms with E-state index in [0.717, 1.165) is 33.5 Å². The molecule has 0 spiro atoms. The summed E-state index contributed by atoms with van der Waals surface area (Å²) in [7, 11) is 5.67. The highest BCUT2D eigenvalue weighted by atomic mass is 16.5. The van der Waals surface area contributed by atoms with E-state index in [-0.39, 0.29) is 5.91 Å². The maximum atomic E-state index is 12.7. The molecule has 0 bridgehead atoms. The molecule has 4 rings (SSSR count). The van der Waals surface area contributed by atoms with Gasteiger partial charge in [0.1, 0.15) is 5.75 Å². The molecule has 3 aromatic carbocycles. The van der Waals surface area contributed by atoms with Gasteiger partial charge in [-0.15, -0.1) is 0 Å². The van der Waals surface area contributed by atoms with E-state index in [0.29, 0.717) is 18.7 Å².